The quantitative estimate of drug-likeness (QED) is 0.686. The molecule has 0 aromatic heterocycles. The summed E-state index contributed by atoms with van der Waals surface area (Å²) in [6.07, 6.45) is 7.63. The lowest BCUT2D eigenvalue weighted by molar-refractivity contribution is -0.0717. The number of ether oxygens (including phenoxy) is 1. The van der Waals surface area contributed by atoms with E-state index in [1.54, 1.807) is 0 Å². The van der Waals surface area contributed by atoms with Crippen molar-refractivity contribution in [2.45, 2.75) is 70.9 Å². The molecule has 1 rings (SSSR count). The molecule has 2 unspecified atom stereocenters. The van der Waals surface area contributed by atoms with Gasteiger partial charge in [0.2, 0.25) is 0 Å². The van der Waals surface area contributed by atoms with Crippen LogP contribution in [0.2, 0.25) is 0 Å². The van der Waals surface area contributed by atoms with E-state index in [1.807, 2.05) is 7.11 Å². The molecular formula is C14H29NO. The summed E-state index contributed by atoms with van der Waals surface area (Å²) in [7, 11) is 1.86. The van der Waals surface area contributed by atoms with Crippen molar-refractivity contribution in [1.29, 1.82) is 0 Å². The number of nitrogens with one attached hydrogen (secondary N) is 1. The van der Waals surface area contributed by atoms with Gasteiger partial charge in [0.25, 0.3) is 0 Å². The fourth-order valence-corrected chi connectivity index (χ4v) is 2.75. The van der Waals surface area contributed by atoms with Gasteiger partial charge >= 0.3 is 0 Å². The first-order valence-electron chi connectivity index (χ1n) is 6.96. The van der Waals surface area contributed by atoms with Gasteiger partial charge in [0.05, 0.1) is 5.60 Å². The van der Waals surface area contributed by atoms with Crippen LogP contribution in [0, 0.1) is 5.92 Å². The fraction of sp³-hybridized carbons (Fsp3) is 1.00. The first-order chi connectivity index (χ1) is 7.67. The van der Waals surface area contributed by atoms with E-state index in [0.717, 1.165) is 12.5 Å². The summed E-state index contributed by atoms with van der Waals surface area (Å²) in [5.74, 6) is 0.781. The zero-order valence-corrected chi connectivity index (χ0v) is 11.5. The SMILES string of the molecule is CCCC(C)C(CC)NCC1(OC)CCC1. The van der Waals surface area contributed by atoms with Crippen molar-refractivity contribution in [3.63, 3.8) is 0 Å². The van der Waals surface area contributed by atoms with Gasteiger partial charge in [0, 0.05) is 19.7 Å². The Hall–Kier alpha value is -0.0800. The van der Waals surface area contributed by atoms with Crippen molar-refractivity contribution in [3.8, 4) is 0 Å². The smallest absolute Gasteiger partial charge is 0.0802 e. The monoisotopic (exact) mass is 227 g/mol. The molecule has 0 radical (unpaired) electrons. The highest BCUT2D eigenvalue weighted by Crippen LogP contribution is 2.34. The highest BCUT2D eigenvalue weighted by molar-refractivity contribution is 4.92. The molecule has 96 valence electrons. The Labute approximate surface area is 101 Å². The third-order valence-electron chi connectivity index (χ3n) is 4.25. The second kappa shape index (κ2) is 6.61. The molecule has 0 amide bonds. The second-order valence-electron chi connectivity index (χ2n) is 5.40. The van der Waals surface area contributed by atoms with Crippen LogP contribution in [0.1, 0.15) is 59.3 Å². The molecule has 0 aromatic carbocycles. The van der Waals surface area contributed by atoms with Crippen LogP contribution >= 0.6 is 0 Å². The van der Waals surface area contributed by atoms with E-state index < -0.39 is 0 Å². The summed E-state index contributed by atoms with van der Waals surface area (Å²) in [6.45, 7) is 7.96. The lowest BCUT2D eigenvalue weighted by atomic mass is 9.79. The van der Waals surface area contributed by atoms with E-state index in [0.29, 0.717) is 6.04 Å². The van der Waals surface area contributed by atoms with E-state index in [9.17, 15) is 0 Å². The molecule has 16 heavy (non-hydrogen) atoms. The predicted octanol–water partition coefficient (Wildman–Crippen LogP) is 3.36. The lowest BCUT2D eigenvalue weighted by Crippen LogP contribution is -2.51. The molecule has 2 heteroatoms. The van der Waals surface area contributed by atoms with Crippen LogP contribution in [0.5, 0.6) is 0 Å². The minimum absolute atomic E-state index is 0.166. The van der Waals surface area contributed by atoms with Crippen molar-refractivity contribution in [1.82, 2.24) is 5.32 Å². The second-order valence-corrected chi connectivity index (χ2v) is 5.40. The normalized spacial score (nSPS) is 22.5. The third kappa shape index (κ3) is 3.46. The number of hydrogen-bond acceptors (Lipinski definition) is 2. The maximum absolute atomic E-state index is 5.65. The Balaban J connectivity index is 2.32. The lowest BCUT2D eigenvalue weighted by Gasteiger charge is -2.42. The van der Waals surface area contributed by atoms with E-state index >= 15 is 0 Å². The van der Waals surface area contributed by atoms with Gasteiger partial charge in [-0.2, -0.15) is 0 Å². The van der Waals surface area contributed by atoms with Gasteiger partial charge in [0.1, 0.15) is 0 Å². The Morgan fingerprint density at radius 3 is 2.38 bits per heavy atom. The summed E-state index contributed by atoms with van der Waals surface area (Å²) < 4.78 is 5.65. The zero-order chi connectivity index (χ0) is 12.0. The maximum Gasteiger partial charge on any atom is 0.0802 e. The van der Waals surface area contributed by atoms with Crippen LogP contribution in [0.15, 0.2) is 0 Å². The van der Waals surface area contributed by atoms with Gasteiger partial charge in [-0.3, -0.25) is 0 Å². The zero-order valence-electron chi connectivity index (χ0n) is 11.5. The predicted molar refractivity (Wildman–Crippen MR) is 69.7 cm³/mol. The molecule has 1 aliphatic rings. The molecule has 1 N–H and O–H groups in total. The van der Waals surface area contributed by atoms with Crippen molar-refractivity contribution in [2.24, 2.45) is 5.92 Å². The van der Waals surface area contributed by atoms with Gasteiger partial charge in [-0.1, -0.05) is 27.2 Å². The Bertz CT molecular complexity index is 184. The average molecular weight is 227 g/mol. The summed E-state index contributed by atoms with van der Waals surface area (Å²) in [4.78, 5) is 0. The molecule has 1 saturated carbocycles. The Kier molecular flexibility index (Phi) is 5.77. The van der Waals surface area contributed by atoms with Crippen LogP contribution in [-0.4, -0.2) is 25.3 Å². The van der Waals surface area contributed by atoms with Crippen molar-refractivity contribution >= 4 is 0 Å². The van der Waals surface area contributed by atoms with Crippen LogP contribution in [0.3, 0.4) is 0 Å². The molecule has 0 bridgehead atoms. The van der Waals surface area contributed by atoms with Crippen LogP contribution < -0.4 is 5.32 Å². The molecule has 2 atom stereocenters. The average Bonchev–Trinajstić information content (AvgIpc) is 2.22. The molecule has 2 nitrogen and oxygen atoms in total. The van der Waals surface area contributed by atoms with Crippen molar-refractivity contribution in [2.75, 3.05) is 13.7 Å². The largest absolute Gasteiger partial charge is 0.377 e. The molecule has 0 aliphatic heterocycles. The summed E-state index contributed by atoms with van der Waals surface area (Å²) >= 11 is 0. The van der Waals surface area contributed by atoms with E-state index in [-0.39, 0.29) is 5.60 Å². The van der Waals surface area contributed by atoms with Gasteiger partial charge in [-0.05, 0) is 38.0 Å². The number of hydrogen-bond donors (Lipinski definition) is 1. The molecule has 0 spiro atoms. The molecule has 1 aliphatic carbocycles. The van der Waals surface area contributed by atoms with Gasteiger partial charge in [-0.15, -0.1) is 0 Å². The standard InChI is InChI=1S/C14H29NO/c1-5-8-12(3)13(6-2)15-11-14(16-4)9-7-10-14/h12-13,15H,5-11H2,1-4H3. The fourth-order valence-electron chi connectivity index (χ4n) is 2.75. The number of rotatable bonds is 8. The molecule has 0 heterocycles. The van der Waals surface area contributed by atoms with E-state index in [4.69, 9.17) is 4.74 Å². The van der Waals surface area contributed by atoms with Crippen LogP contribution in [0.4, 0.5) is 0 Å². The molecule has 0 saturated heterocycles. The van der Waals surface area contributed by atoms with Gasteiger partial charge < -0.3 is 10.1 Å². The summed E-state index contributed by atoms with van der Waals surface area (Å²) in [5, 5.41) is 3.72. The van der Waals surface area contributed by atoms with Crippen molar-refractivity contribution < 1.29 is 4.74 Å². The highest BCUT2D eigenvalue weighted by atomic mass is 16.5. The first-order valence-corrected chi connectivity index (χ1v) is 6.96. The third-order valence-corrected chi connectivity index (χ3v) is 4.25. The number of methoxy groups -OCH3 is 1. The van der Waals surface area contributed by atoms with Crippen LogP contribution in [-0.2, 0) is 4.74 Å². The van der Waals surface area contributed by atoms with E-state index in [2.05, 4.69) is 26.1 Å². The van der Waals surface area contributed by atoms with Crippen LogP contribution in [0.25, 0.3) is 0 Å². The summed E-state index contributed by atoms with van der Waals surface area (Å²) in [5.41, 5.74) is 0.166. The minimum Gasteiger partial charge on any atom is -0.377 e. The maximum atomic E-state index is 5.65. The Morgan fingerprint density at radius 1 is 1.31 bits per heavy atom. The van der Waals surface area contributed by atoms with Gasteiger partial charge in [-0.25, -0.2) is 0 Å². The summed E-state index contributed by atoms with van der Waals surface area (Å²) in [6, 6.07) is 0.660. The minimum atomic E-state index is 0.166. The molecule has 0 aromatic rings. The first kappa shape index (κ1) is 14.0. The molecule has 1 fully saturated rings. The molecular weight excluding hydrogens is 198 g/mol. The highest BCUT2D eigenvalue weighted by Gasteiger charge is 2.37. The van der Waals surface area contributed by atoms with E-state index in [1.165, 1.54) is 38.5 Å². The van der Waals surface area contributed by atoms with Crippen molar-refractivity contribution in [3.05, 3.63) is 0 Å². The van der Waals surface area contributed by atoms with Gasteiger partial charge in [0.15, 0.2) is 0 Å². The topological polar surface area (TPSA) is 21.3 Å². The Morgan fingerprint density at radius 2 is 2.00 bits per heavy atom.